The molecule has 0 saturated heterocycles. The van der Waals surface area contributed by atoms with Crippen molar-refractivity contribution in [1.29, 1.82) is 0 Å². The number of nitrogens with two attached hydrogens (primary N) is 1. The van der Waals surface area contributed by atoms with Gasteiger partial charge in [0.1, 0.15) is 6.04 Å². The normalized spacial score (nSPS) is 12.3. The molecule has 5 heteroatoms. The van der Waals surface area contributed by atoms with Crippen LogP contribution in [0.5, 0.6) is 0 Å². The van der Waals surface area contributed by atoms with Crippen LogP contribution in [0.15, 0.2) is 0 Å². The number of aliphatic carboxylic acids is 2. The molecule has 1 atom stereocenters. The first-order chi connectivity index (χ1) is 7.54. The van der Waals surface area contributed by atoms with Crippen LogP contribution in [0.1, 0.15) is 51.4 Å². The maximum absolute atomic E-state index is 10.4. The van der Waals surface area contributed by atoms with Crippen molar-refractivity contribution in [3.05, 3.63) is 0 Å². The largest absolute Gasteiger partial charge is 0.481 e. The second kappa shape index (κ2) is 9.15. The Kier molecular flexibility index (Phi) is 8.52. The van der Waals surface area contributed by atoms with E-state index in [1.165, 1.54) is 0 Å². The third-order valence-electron chi connectivity index (χ3n) is 2.47. The molecule has 0 aromatic rings. The third-order valence-corrected chi connectivity index (χ3v) is 2.47. The topological polar surface area (TPSA) is 101 Å². The van der Waals surface area contributed by atoms with Crippen molar-refractivity contribution in [2.24, 2.45) is 5.73 Å². The van der Waals surface area contributed by atoms with Crippen LogP contribution >= 0.6 is 0 Å². The Morgan fingerprint density at radius 3 is 1.94 bits per heavy atom. The van der Waals surface area contributed by atoms with Crippen molar-refractivity contribution in [2.75, 3.05) is 0 Å². The Morgan fingerprint density at radius 2 is 1.44 bits per heavy atom. The van der Waals surface area contributed by atoms with E-state index in [4.69, 9.17) is 15.9 Å². The van der Waals surface area contributed by atoms with E-state index in [9.17, 15) is 9.59 Å². The van der Waals surface area contributed by atoms with Crippen molar-refractivity contribution >= 4 is 11.9 Å². The van der Waals surface area contributed by atoms with Crippen LogP contribution in [0, 0.1) is 0 Å². The molecule has 0 saturated carbocycles. The van der Waals surface area contributed by atoms with Gasteiger partial charge in [0.25, 0.3) is 0 Å². The fraction of sp³-hybridized carbons (Fsp3) is 0.818. The summed E-state index contributed by atoms with van der Waals surface area (Å²) < 4.78 is 0. The minimum Gasteiger partial charge on any atom is -0.481 e. The van der Waals surface area contributed by atoms with E-state index in [0.29, 0.717) is 6.42 Å². The molecule has 0 aromatic carbocycles. The molecule has 5 nitrogen and oxygen atoms in total. The summed E-state index contributed by atoms with van der Waals surface area (Å²) in [5.74, 6) is -1.69. The molecule has 0 rings (SSSR count). The van der Waals surface area contributed by atoms with Gasteiger partial charge in [-0.2, -0.15) is 0 Å². The van der Waals surface area contributed by atoms with Crippen LogP contribution in [0.3, 0.4) is 0 Å². The summed E-state index contributed by atoms with van der Waals surface area (Å²) in [4.78, 5) is 20.6. The van der Waals surface area contributed by atoms with Crippen LogP contribution in [0.2, 0.25) is 0 Å². The van der Waals surface area contributed by atoms with Gasteiger partial charge in [-0.3, -0.25) is 9.59 Å². The first-order valence-electron chi connectivity index (χ1n) is 5.74. The SMILES string of the molecule is NC(CCCCCCCCC(=O)O)C(=O)O. The van der Waals surface area contributed by atoms with Gasteiger partial charge in [-0.1, -0.05) is 32.1 Å². The van der Waals surface area contributed by atoms with E-state index in [1.54, 1.807) is 0 Å². The Bertz CT molecular complexity index is 218. The number of hydrogen-bond donors (Lipinski definition) is 3. The van der Waals surface area contributed by atoms with Crippen LogP contribution in [0.4, 0.5) is 0 Å². The molecule has 0 aliphatic carbocycles. The molecule has 0 fully saturated rings. The maximum atomic E-state index is 10.4. The molecule has 0 radical (unpaired) electrons. The number of rotatable bonds is 10. The third kappa shape index (κ3) is 9.45. The highest BCUT2D eigenvalue weighted by molar-refractivity contribution is 5.72. The molecule has 0 aliphatic rings. The number of carboxylic acids is 2. The number of carbonyl (C=O) groups is 2. The van der Waals surface area contributed by atoms with Crippen molar-refractivity contribution in [3.63, 3.8) is 0 Å². The molecular formula is C11H21NO4. The molecule has 4 N–H and O–H groups in total. The zero-order valence-corrected chi connectivity index (χ0v) is 9.52. The highest BCUT2D eigenvalue weighted by Crippen LogP contribution is 2.09. The fourth-order valence-corrected chi connectivity index (χ4v) is 1.47. The van der Waals surface area contributed by atoms with E-state index in [2.05, 4.69) is 0 Å². The molecule has 1 unspecified atom stereocenters. The molecule has 0 aliphatic heterocycles. The summed E-state index contributed by atoms with van der Waals surface area (Å²) in [5.41, 5.74) is 5.35. The summed E-state index contributed by atoms with van der Waals surface area (Å²) in [6.07, 6.45) is 6.23. The lowest BCUT2D eigenvalue weighted by Crippen LogP contribution is -2.29. The van der Waals surface area contributed by atoms with Crippen molar-refractivity contribution in [1.82, 2.24) is 0 Å². The summed E-state index contributed by atoms with van der Waals surface area (Å²) in [5, 5.41) is 16.9. The van der Waals surface area contributed by atoms with Gasteiger partial charge < -0.3 is 15.9 Å². The Labute approximate surface area is 95.6 Å². The standard InChI is InChI=1S/C11H21NO4/c12-9(11(15)16)7-5-3-1-2-4-6-8-10(13)14/h9H,1-8,12H2,(H,13,14)(H,15,16). The van der Waals surface area contributed by atoms with Gasteiger partial charge in [0.05, 0.1) is 0 Å². The average Bonchev–Trinajstić information content (AvgIpc) is 2.21. The van der Waals surface area contributed by atoms with Crippen LogP contribution in [0.25, 0.3) is 0 Å². The van der Waals surface area contributed by atoms with Gasteiger partial charge in [0.15, 0.2) is 0 Å². The Morgan fingerprint density at radius 1 is 0.938 bits per heavy atom. The zero-order chi connectivity index (χ0) is 12.4. The predicted octanol–water partition coefficient (Wildman–Crippen LogP) is 1.60. The smallest absolute Gasteiger partial charge is 0.320 e. The van der Waals surface area contributed by atoms with Gasteiger partial charge in [-0.05, 0) is 12.8 Å². The van der Waals surface area contributed by atoms with E-state index < -0.39 is 18.0 Å². The fourth-order valence-electron chi connectivity index (χ4n) is 1.47. The number of unbranched alkanes of at least 4 members (excludes halogenated alkanes) is 5. The van der Waals surface area contributed by atoms with Gasteiger partial charge in [0, 0.05) is 6.42 Å². The molecule has 0 heterocycles. The lowest BCUT2D eigenvalue weighted by Gasteiger charge is -2.05. The first-order valence-corrected chi connectivity index (χ1v) is 5.74. The second-order valence-electron chi connectivity index (χ2n) is 4.00. The molecule has 94 valence electrons. The summed E-state index contributed by atoms with van der Waals surface area (Å²) >= 11 is 0. The van der Waals surface area contributed by atoms with Crippen LogP contribution in [-0.2, 0) is 9.59 Å². The number of carboxylic acid groups (broad SMARTS) is 2. The average molecular weight is 231 g/mol. The zero-order valence-electron chi connectivity index (χ0n) is 9.52. The highest BCUT2D eigenvalue weighted by Gasteiger charge is 2.09. The maximum Gasteiger partial charge on any atom is 0.320 e. The molecule has 0 aromatic heterocycles. The van der Waals surface area contributed by atoms with Gasteiger partial charge in [-0.15, -0.1) is 0 Å². The first kappa shape index (κ1) is 14.9. The minimum absolute atomic E-state index is 0.240. The van der Waals surface area contributed by atoms with Crippen LogP contribution in [-0.4, -0.2) is 28.2 Å². The molecule has 0 bridgehead atoms. The minimum atomic E-state index is -0.943. The Hall–Kier alpha value is -1.10. The predicted molar refractivity (Wildman–Crippen MR) is 60.2 cm³/mol. The van der Waals surface area contributed by atoms with Gasteiger partial charge in [-0.25, -0.2) is 0 Å². The van der Waals surface area contributed by atoms with Crippen molar-refractivity contribution in [3.8, 4) is 0 Å². The lowest BCUT2D eigenvalue weighted by atomic mass is 10.1. The van der Waals surface area contributed by atoms with E-state index in [0.717, 1.165) is 38.5 Å². The molecule has 16 heavy (non-hydrogen) atoms. The summed E-state index contributed by atoms with van der Waals surface area (Å²) in [7, 11) is 0. The van der Waals surface area contributed by atoms with E-state index >= 15 is 0 Å². The summed E-state index contributed by atoms with van der Waals surface area (Å²) in [6, 6.07) is -0.744. The molecule has 0 amide bonds. The quantitative estimate of drug-likeness (QED) is 0.496. The number of hydrogen-bond acceptors (Lipinski definition) is 3. The van der Waals surface area contributed by atoms with Crippen molar-refractivity contribution < 1.29 is 19.8 Å². The molecule has 0 spiro atoms. The van der Waals surface area contributed by atoms with E-state index in [1.807, 2.05) is 0 Å². The second-order valence-corrected chi connectivity index (χ2v) is 4.00. The van der Waals surface area contributed by atoms with E-state index in [-0.39, 0.29) is 6.42 Å². The van der Waals surface area contributed by atoms with Gasteiger partial charge in [0.2, 0.25) is 0 Å². The summed E-state index contributed by atoms with van der Waals surface area (Å²) in [6.45, 7) is 0. The monoisotopic (exact) mass is 231 g/mol. The lowest BCUT2D eigenvalue weighted by molar-refractivity contribution is -0.139. The van der Waals surface area contributed by atoms with Crippen LogP contribution < -0.4 is 5.73 Å². The van der Waals surface area contributed by atoms with Gasteiger partial charge >= 0.3 is 11.9 Å². The Balaban J connectivity index is 3.15. The van der Waals surface area contributed by atoms with Crippen molar-refractivity contribution in [2.45, 2.75) is 57.4 Å². The highest BCUT2D eigenvalue weighted by atomic mass is 16.4. The molecular weight excluding hydrogens is 210 g/mol.